The minimum absolute atomic E-state index is 0.0765. The average Bonchev–Trinajstić information content (AvgIpc) is 2.79. The largest absolute Gasteiger partial charge is 0.488 e. The Morgan fingerprint density at radius 2 is 1.94 bits per heavy atom. The van der Waals surface area contributed by atoms with Gasteiger partial charge < -0.3 is 19.9 Å². The highest BCUT2D eigenvalue weighted by molar-refractivity contribution is 5.94. The van der Waals surface area contributed by atoms with Crippen molar-refractivity contribution in [1.82, 2.24) is 4.98 Å². The Labute approximate surface area is 190 Å². The first-order valence-electron chi connectivity index (χ1n) is 10.9. The first-order valence-corrected chi connectivity index (χ1v) is 10.9. The molecule has 1 aromatic heterocycles. The lowest BCUT2D eigenvalue weighted by atomic mass is 9.98. The van der Waals surface area contributed by atoms with Crippen molar-refractivity contribution in [3.05, 3.63) is 64.8 Å². The summed E-state index contributed by atoms with van der Waals surface area (Å²) in [4.78, 5) is 15.9. The maximum Gasteiger partial charge on any atom is 0.337 e. The number of aromatic nitrogens is 1. The second-order valence-electron chi connectivity index (χ2n) is 8.24. The van der Waals surface area contributed by atoms with Crippen LogP contribution in [0.5, 0.6) is 5.75 Å². The molecule has 0 radical (unpaired) electrons. The molecule has 6 nitrogen and oxygen atoms in total. The molecule has 2 aromatic carbocycles. The van der Waals surface area contributed by atoms with Gasteiger partial charge in [-0.25, -0.2) is 18.6 Å². The SMILES string of the molecule is Cc1cc([C@H](C)Nc2ccccc2C(=O)O)c2cc(OC3CCOCC3)c(C(F)F)nc2c1. The van der Waals surface area contributed by atoms with Gasteiger partial charge >= 0.3 is 5.97 Å². The summed E-state index contributed by atoms with van der Waals surface area (Å²) >= 11 is 0. The van der Waals surface area contributed by atoms with E-state index in [1.165, 1.54) is 6.07 Å². The highest BCUT2D eigenvalue weighted by Gasteiger charge is 2.24. The highest BCUT2D eigenvalue weighted by atomic mass is 19.3. The van der Waals surface area contributed by atoms with E-state index in [4.69, 9.17) is 9.47 Å². The van der Waals surface area contributed by atoms with E-state index in [0.717, 1.165) is 11.1 Å². The van der Waals surface area contributed by atoms with Crippen molar-refractivity contribution < 1.29 is 28.2 Å². The molecule has 33 heavy (non-hydrogen) atoms. The Kier molecular flexibility index (Phi) is 6.74. The standard InChI is InChI=1S/C25H26F2N2O4/c1-14-11-18(15(2)28-20-6-4-3-5-17(20)25(30)31)19-13-22(33-16-7-9-32-10-8-16)23(24(26)27)29-21(19)12-14/h3-6,11-13,15-16,24,28H,7-10H2,1-2H3,(H,30,31)/t15-/m0/s1. The minimum atomic E-state index is -2.77. The van der Waals surface area contributed by atoms with Gasteiger partial charge in [0.15, 0.2) is 0 Å². The molecule has 1 atom stereocenters. The topological polar surface area (TPSA) is 80.7 Å². The number of benzene rings is 2. The van der Waals surface area contributed by atoms with Crippen LogP contribution in [-0.2, 0) is 4.74 Å². The number of aryl methyl sites for hydroxylation is 1. The number of nitrogens with zero attached hydrogens (tertiary/aromatic N) is 1. The third kappa shape index (κ3) is 5.06. The predicted molar refractivity (Wildman–Crippen MR) is 121 cm³/mol. The van der Waals surface area contributed by atoms with Crippen LogP contribution in [0.15, 0.2) is 42.5 Å². The highest BCUT2D eigenvalue weighted by Crippen LogP contribution is 2.36. The number of hydrogen-bond acceptors (Lipinski definition) is 5. The van der Waals surface area contributed by atoms with Gasteiger partial charge in [0.25, 0.3) is 6.43 Å². The fourth-order valence-electron chi connectivity index (χ4n) is 4.13. The number of nitrogens with one attached hydrogen (secondary N) is 1. The van der Waals surface area contributed by atoms with Crippen LogP contribution in [-0.4, -0.2) is 35.4 Å². The first kappa shape index (κ1) is 22.9. The maximum absolute atomic E-state index is 13.8. The first-order chi connectivity index (χ1) is 15.8. The number of carbonyl (C=O) groups is 1. The number of aromatic carboxylic acids is 1. The molecule has 0 spiro atoms. The summed E-state index contributed by atoms with van der Waals surface area (Å²) in [5.74, 6) is -0.956. The number of para-hydroxylation sites is 1. The second kappa shape index (κ2) is 9.70. The van der Waals surface area contributed by atoms with E-state index in [9.17, 15) is 18.7 Å². The molecule has 2 N–H and O–H groups in total. The van der Waals surface area contributed by atoms with Crippen molar-refractivity contribution in [2.24, 2.45) is 0 Å². The van der Waals surface area contributed by atoms with Crippen LogP contribution in [0.4, 0.5) is 14.5 Å². The fraction of sp³-hybridized carbons (Fsp3) is 0.360. The second-order valence-corrected chi connectivity index (χ2v) is 8.24. The number of fused-ring (bicyclic) bond motifs is 1. The van der Waals surface area contributed by atoms with Crippen LogP contribution in [0, 0.1) is 6.92 Å². The number of halogens is 2. The smallest absolute Gasteiger partial charge is 0.337 e. The summed E-state index contributed by atoms with van der Waals surface area (Å²) < 4.78 is 39.0. The molecule has 0 bridgehead atoms. The van der Waals surface area contributed by atoms with Crippen LogP contribution >= 0.6 is 0 Å². The molecular weight excluding hydrogens is 430 g/mol. The van der Waals surface area contributed by atoms with E-state index in [0.29, 0.717) is 42.6 Å². The fourth-order valence-corrected chi connectivity index (χ4v) is 4.13. The van der Waals surface area contributed by atoms with E-state index in [2.05, 4.69) is 10.3 Å². The van der Waals surface area contributed by atoms with E-state index >= 15 is 0 Å². The summed E-state index contributed by atoms with van der Waals surface area (Å²) in [6.07, 6.45) is -1.72. The molecule has 1 aliphatic heterocycles. The molecule has 1 aliphatic rings. The zero-order chi connectivity index (χ0) is 23.5. The predicted octanol–water partition coefficient (Wildman–Crippen LogP) is 5.91. The van der Waals surface area contributed by atoms with Gasteiger partial charge in [-0.1, -0.05) is 18.2 Å². The van der Waals surface area contributed by atoms with E-state index in [-0.39, 0.29) is 29.2 Å². The number of pyridine rings is 1. The molecule has 1 saturated heterocycles. The molecule has 0 saturated carbocycles. The monoisotopic (exact) mass is 456 g/mol. The Bertz CT molecular complexity index is 1160. The molecular formula is C25H26F2N2O4. The minimum Gasteiger partial charge on any atom is -0.488 e. The zero-order valence-corrected chi connectivity index (χ0v) is 18.5. The lowest BCUT2D eigenvalue weighted by molar-refractivity contribution is 0.0232. The van der Waals surface area contributed by atoms with Crippen molar-refractivity contribution >= 4 is 22.6 Å². The number of ether oxygens (including phenoxy) is 2. The molecule has 8 heteroatoms. The molecule has 174 valence electrons. The van der Waals surface area contributed by atoms with Crippen molar-refractivity contribution in [3.8, 4) is 5.75 Å². The van der Waals surface area contributed by atoms with Crippen molar-refractivity contribution in [1.29, 1.82) is 0 Å². The molecule has 0 unspecified atom stereocenters. The van der Waals surface area contributed by atoms with E-state index in [1.54, 1.807) is 30.3 Å². The summed E-state index contributed by atoms with van der Waals surface area (Å²) in [7, 11) is 0. The van der Waals surface area contributed by atoms with E-state index in [1.807, 2.05) is 19.9 Å². The van der Waals surface area contributed by atoms with E-state index < -0.39 is 12.4 Å². The number of rotatable bonds is 7. The van der Waals surface area contributed by atoms with Gasteiger partial charge in [0.05, 0.1) is 24.3 Å². The van der Waals surface area contributed by atoms with Gasteiger partial charge in [-0.3, -0.25) is 0 Å². The van der Waals surface area contributed by atoms with Crippen molar-refractivity contribution in [2.45, 2.75) is 45.3 Å². The number of alkyl halides is 2. The third-order valence-corrected chi connectivity index (χ3v) is 5.77. The Morgan fingerprint density at radius 3 is 2.64 bits per heavy atom. The molecule has 2 heterocycles. The van der Waals surface area contributed by atoms with Crippen LogP contribution in [0.2, 0.25) is 0 Å². The lowest BCUT2D eigenvalue weighted by Gasteiger charge is -2.25. The normalized spacial score (nSPS) is 15.5. The Balaban J connectivity index is 1.76. The Morgan fingerprint density at radius 1 is 1.21 bits per heavy atom. The molecule has 0 amide bonds. The third-order valence-electron chi connectivity index (χ3n) is 5.77. The van der Waals surface area contributed by atoms with Crippen molar-refractivity contribution in [3.63, 3.8) is 0 Å². The molecule has 1 fully saturated rings. The quantitative estimate of drug-likeness (QED) is 0.460. The van der Waals surface area contributed by atoms with Gasteiger partial charge in [0.2, 0.25) is 0 Å². The van der Waals surface area contributed by atoms with Gasteiger partial charge in [0, 0.05) is 30.0 Å². The maximum atomic E-state index is 13.8. The zero-order valence-electron chi connectivity index (χ0n) is 18.5. The van der Waals surface area contributed by atoms with Gasteiger partial charge in [-0.2, -0.15) is 0 Å². The average molecular weight is 456 g/mol. The van der Waals surface area contributed by atoms with Gasteiger partial charge in [-0.15, -0.1) is 0 Å². The van der Waals surface area contributed by atoms with Gasteiger partial charge in [0.1, 0.15) is 17.5 Å². The van der Waals surface area contributed by atoms with Crippen LogP contribution in [0.3, 0.4) is 0 Å². The lowest BCUT2D eigenvalue weighted by Crippen LogP contribution is -2.26. The summed E-state index contributed by atoms with van der Waals surface area (Å²) in [6, 6.07) is 11.7. The number of hydrogen-bond donors (Lipinski definition) is 2. The van der Waals surface area contributed by atoms with Crippen LogP contribution in [0.25, 0.3) is 10.9 Å². The summed E-state index contributed by atoms with van der Waals surface area (Å²) in [6.45, 7) is 4.83. The summed E-state index contributed by atoms with van der Waals surface area (Å²) in [5, 5.41) is 13.4. The summed E-state index contributed by atoms with van der Waals surface area (Å²) in [5.41, 5.74) is 2.38. The van der Waals surface area contributed by atoms with Gasteiger partial charge in [-0.05, 0) is 49.2 Å². The van der Waals surface area contributed by atoms with Crippen LogP contribution in [0.1, 0.15) is 59.4 Å². The molecule has 3 aromatic rings. The van der Waals surface area contributed by atoms with Crippen LogP contribution < -0.4 is 10.1 Å². The molecule has 0 aliphatic carbocycles. The number of anilines is 1. The number of carboxylic acid groups (broad SMARTS) is 1. The van der Waals surface area contributed by atoms with Crippen molar-refractivity contribution in [2.75, 3.05) is 18.5 Å². The molecule has 4 rings (SSSR count). The Hall–Kier alpha value is -3.26. The number of carboxylic acids is 1.